The maximum atomic E-state index is 13.3. The third-order valence-electron chi connectivity index (χ3n) is 3.47. The maximum Gasteiger partial charge on any atom is 0.258 e. The molecule has 19 heavy (non-hydrogen) atoms. The molecule has 2 rings (SSSR count). The summed E-state index contributed by atoms with van der Waals surface area (Å²) < 4.78 is 13.3. The molecule has 0 spiro atoms. The molecular formula is C13H18FN3OS. The second-order valence-corrected chi connectivity index (χ2v) is 6.10. The van der Waals surface area contributed by atoms with E-state index in [0.717, 1.165) is 11.9 Å². The Bertz CT molecular complexity index is 483. The fourth-order valence-corrected chi connectivity index (χ4v) is 3.28. The second-order valence-electron chi connectivity index (χ2n) is 4.61. The van der Waals surface area contributed by atoms with E-state index >= 15 is 0 Å². The lowest BCUT2D eigenvalue weighted by atomic mass is 10.1. The van der Waals surface area contributed by atoms with Gasteiger partial charge in [0.25, 0.3) is 5.91 Å². The maximum absolute atomic E-state index is 13.3. The Morgan fingerprint density at radius 1 is 1.58 bits per heavy atom. The highest BCUT2D eigenvalue weighted by molar-refractivity contribution is 8.00. The predicted molar refractivity (Wildman–Crippen MR) is 76.2 cm³/mol. The molecule has 1 N–H and O–H groups in total. The summed E-state index contributed by atoms with van der Waals surface area (Å²) in [6.07, 6.45) is 1.11. The van der Waals surface area contributed by atoms with Crippen molar-refractivity contribution in [3.8, 4) is 0 Å². The van der Waals surface area contributed by atoms with E-state index in [1.807, 2.05) is 18.7 Å². The van der Waals surface area contributed by atoms with Gasteiger partial charge in [-0.1, -0.05) is 6.92 Å². The fourth-order valence-electron chi connectivity index (χ4n) is 2.18. The molecule has 1 aromatic heterocycles. The van der Waals surface area contributed by atoms with E-state index in [2.05, 4.69) is 17.2 Å². The van der Waals surface area contributed by atoms with Crippen LogP contribution in [0, 0.1) is 5.82 Å². The summed E-state index contributed by atoms with van der Waals surface area (Å²) in [7, 11) is 1.68. The first-order valence-corrected chi connectivity index (χ1v) is 7.35. The molecule has 0 radical (unpaired) electrons. The number of hydrogen-bond acceptors (Lipinski definition) is 4. The summed E-state index contributed by atoms with van der Waals surface area (Å²) in [5.74, 6) is 0.685. The number of nitrogens with zero attached hydrogens (tertiary/aromatic N) is 2. The number of pyridine rings is 1. The number of nitrogens with one attached hydrogen (secondary N) is 1. The highest BCUT2D eigenvalue weighted by Crippen LogP contribution is 2.27. The van der Waals surface area contributed by atoms with Gasteiger partial charge in [0, 0.05) is 30.6 Å². The van der Waals surface area contributed by atoms with Crippen molar-refractivity contribution in [2.75, 3.05) is 24.7 Å². The van der Waals surface area contributed by atoms with Crippen molar-refractivity contribution < 1.29 is 9.18 Å². The molecule has 104 valence electrons. The smallest absolute Gasteiger partial charge is 0.258 e. The van der Waals surface area contributed by atoms with Crippen molar-refractivity contribution in [2.24, 2.45) is 0 Å². The van der Waals surface area contributed by atoms with Crippen LogP contribution in [0.1, 0.15) is 24.2 Å². The number of carbonyl (C=O) groups is 1. The number of hydrogen-bond donors (Lipinski definition) is 1. The van der Waals surface area contributed by atoms with E-state index in [1.165, 1.54) is 6.07 Å². The first-order valence-electron chi connectivity index (χ1n) is 6.30. The Labute approximate surface area is 116 Å². The Morgan fingerprint density at radius 3 is 3.00 bits per heavy atom. The Kier molecular flexibility index (Phi) is 4.29. The molecule has 1 aliphatic heterocycles. The van der Waals surface area contributed by atoms with E-state index in [0.29, 0.717) is 23.2 Å². The molecule has 0 saturated carbocycles. The van der Waals surface area contributed by atoms with Gasteiger partial charge in [-0.25, -0.2) is 9.37 Å². The zero-order chi connectivity index (χ0) is 14.0. The molecular weight excluding hydrogens is 265 g/mol. The van der Waals surface area contributed by atoms with Gasteiger partial charge in [0.2, 0.25) is 0 Å². The number of thioether (sulfide) groups is 1. The van der Waals surface area contributed by atoms with Crippen LogP contribution < -0.4 is 5.32 Å². The van der Waals surface area contributed by atoms with Crippen molar-refractivity contribution in [1.82, 2.24) is 9.88 Å². The van der Waals surface area contributed by atoms with Crippen LogP contribution in [0.3, 0.4) is 0 Å². The summed E-state index contributed by atoms with van der Waals surface area (Å²) in [6.45, 7) is 4.83. The lowest BCUT2D eigenvalue weighted by Crippen LogP contribution is -2.48. The lowest BCUT2D eigenvalue weighted by Gasteiger charge is -2.37. The molecule has 1 amide bonds. The van der Waals surface area contributed by atoms with Gasteiger partial charge < -0.3 is 10.2 Å². The minimum Gasteiger partial charge on any atom is -0.372 e. The van der Waals surface area contributed by atoms with Gasteiger partial charge in [0.1, 0.15) is 11.6 Å². The molecule has 0 aromatic carbocycles. The standard InChI is InChI=1S/C13H18FN3OS/c1-8-9(2)19-5-4-17(8)13(18)11-6-10(14)7-16-12(11)15-3/h6-9H,4-5H2,1-3H3,(H,15,16). The van der Waals surface area contributed by atoms with Crippen molar-refractivity contribution in [3.63, 3.8) is 0 Å². The third kappa shape index (κ3) is 2.83. The minimum atomic E-state index is -0.491. The number of rotatable bonds is 2. The largest absolute Gasteiger partial charge is 0.372 e. The van der Waals surface area contributed by atoms with E-state index in [9.17, 15) is 9.18 Å². The summed E-state index contributed by atoms with van der Waals surface area (Å²) in [5, 5.41) is 3.22. The quantitative estimate of drug-likeness (QED) is 0.904. The zero-order valence-electron chi connectivity index (χ0n) is 11.3. The molecule has 4 nitrogen and oxygen atoms in total. The van der Waals surface area contributed by atoms with Crippen LogP contribution in [-0.4, -0.2) is 46.4 Å². The first-order chi connectivity index (χ1) is 9.04. The second kappa shape index (κ2) is 5.77. The molecule has 1 fully saturated rings. The van der Waals surface area contributed by atoms with Crippen molar-refractivity contribution in [3.05, 3.63) is 23.6 Å². The third-order valence-corrected chi connectivity index (χ3v) is 4.80. The number of halogens is 1. The Balaban J connectivity index is 2.30. The van der Waals surface area contributed by atoms with Gasteiger partial charge in [-0.05, 0) is 13.0 Å². The Morgan fingerprint density at radius 2 is 2.32 bits per heavy atom. The molecule has 6 heteroatoms. The highest BCUT2D eigenvalue weighted by atomic mass is 32.2. The van der Waals surface area contributed by atoms with Gasteiger partial charge in [-0.15, -0.1) is 0 Å². The molecule has 1 aliphatic rings. The van der Waals surface area contributed by atoms with Crippen LogP contribution in [-0.2, 0) is 0 Å². The van der Waals surface area contributed by atoms with Crippen LogP contribution >= 0.6 is 11.8 Å². The first kappa shape index (κ1) is 14.1. The molecule has 0 bridgehead atoms. The van der Waals surface area contributed by atoms with Crippen molar-refractivity contribution in [2.45, 2.75) is 25.1 Å². The monoisotopic (exact) mass is 283 g/mol. The van der Waals surface area contributed by atoms with Crippen LogP contribution in [0.4, 0.5) is 10.2 Å². The van der Waals surface area contributed by atoms with E-state index in [-0.39, 0.29) is 11.9 Å². The van der Waals surface area contributed by atoms with E-state index < -0.39 is 5.82 Å². The average molecular weight is 283 g/mol. The summed E-state index contributed by atoms with van der Waals surface area (Å²) >= 11 is 1.86. The van der Waals surface area contributed by atoms with Crippen molar-refractivity contribution >= 4 is 23.5 Å². The van der Waals surface area contributed by atoms with Gasteiger partial charge in [-0.3, -0.25) is 4.79 Å². The number of carbonyl (C=O) groups excluding carboxylic acids is 1. The van der Waals surface area contributed by atoms with Gasteiger partial charge in [-0.2, -0.15) is 11.8 Å². The van der Waals surface area contributed by atoms with Crippen LogP contribution in [0.2, 0.25) is 0 Å². The lowest BCUT2D eigenvalue weighted by molar-refractivity contribution is 0.0698. The van der Waals surface area contributed by atoms with E-state index in [1.54, 1.807) is 11.9 Å². The normalized spacial score (nSPS) is 23.3. The Hall–Kier alpha value is -1.30. The molecule has 2 unspecified atom stereocenters. The molecule has 1 aromatic rings. The fraction of sp³-hybridized carbons (Fsp3) is 0.538. The SMILES string of the molecule is CNc1ncc(F)cc1C(=O)N1CCSC(C)C1C. The molecule has 2 heterocycles. The predicted octanol–water partition coefficient (Wildman–Crippen LogP) is 2.23. The molecule has 0 aliphatic carbocycles. The zero-order valence-corrected chi connectivity index (χ0v) is 12.1. The summed E-state index contributed by atoms with van der Waals surface area (Å²) in [5.41, 5.74) is 0.299. The summed E-state index contributed by atoms with van der Waals surface area (Å²) in [4.78, 5) is 18.3. The van der Waals surface area contributed by atoms with Gasteiger partial charge in [0.05, 0.1) is 11.8 Å². The number of anilines is 1. The van der Waals surface area contributed by atoms with Crippen LogP contribution in [0.25, 0.3) is 0 Å². The number of amides is 1. The average Bonchev–Trinajstić information content (AvgIpc) is 2.41. The minimum absolute atomic E-state index is 0.138. The molecule has 1 saturated heterocycles. The number of aromatic nitrogens is 1. The highest BCUT2D eigenvalue weighted by Gasteiger charge is 2.30. The van der Waals surface area contributed by atoms with Gasteiger partial charge >= 0.3 is 0 Å². The van der Waals surface area contributed by atoms with Crippen LogP contribution in [0.5, 0.6) is 0 Å². The van der Waals surface area contributed by atoms with Crippen molar-refractivity contribution in [1.29, 1.82) is 0 Å². The summed E-state index contributed by atoms with van der Waals surface area (Å²) in [6, 6.07) is 1.39. The van der Waals surface area contributed by atoms with E-state index in [4.69, 9.17) is 0 Å². The van der Waals surface area contributed by atoms with Gasteiger partial charge in [0.15, 0.2) is 0 Å². The topological polar surface area (TPSA) is 45.2 Å². The molecule has 2 atom stereocenters. The van der Waals surface area contributed by atoms with Crippen LogP contribution in [0.15, 0.2) is 12.3 Å².